The molecule has 1 aliphatic carbocycles. The maximum Gasteiger partial charge on any atom is 0.240 e. The van der Waals surface area contributed by atoms with Gasteiger partial charge in [0.1, 0.15) is 6.54 Å². The molecule has 0 radical (unpaired) electrons. The lowest BCUT2D eigenvalue weighted by atomic mass is 10.2. The molecule has 0 bridgehead atoms. The highest BCUT2D eigenvalue weighted by Crippen LogP contribution is 2.24. The lowest BCUT2D eigenvalue weighted by molar-refractivity contribution is -0.121. The van der Waals surface area contributed by atoms with Gasteiger partial charge in [-0.3, -0.25) is 4.79 Å². The lowest BCUT2D eigenvalue weighted by Crippen LogP contribution is -2.28. The number of nitrogens with one attached hydrogen (secondary N) is 1. The van der Waals surface area contributed by atoms with Crippen molar-refractivity contribution in [3.05, 3.63) is 35.5 Å². The number of hydrogen-bond donors (Lipinski definition) is 1. The zero-order chi connectivity index (χ0) is 11.8. The Kier molecular flexibility index (Phi) is 2.56. The highest BCUT2D eigenvalue weighted by Gasteiger charge is 2.23. The van der Waals surface area contributed by atoms with E-state index in [0.717, 1.165) is 28.8 Å². The quantitative estimate of drug-likeness (QED) is 0.890. The summed E-state index contributed by atoms with van der Waals surface area (Å²) < 4.78 is 1.93. The van der Waals surface area contributed by atoms with E-state index >= 15 is 0 Å². The number of nitrogens with zero attached hydrogens (tertiary/aromatic N) is 1. The zero-order valence-electron chi connectivity index (χ0n) is 9.32. The second-order valence-corrected chi connectivity index (χ2v) is 4.87. The Bertz CT molecular complexity index is 572. The molecule has 3 rings (SSSR count). The number of carbonyl (C=O) groups is 1. The van der Waals surface area contributed by atoms with E-state index in [2.05, 4.69) is 5.32 Å². The molecule has 0 spiro atoms. The molecule has 1 saturated carbocycles. The van der Waals surface area contributed by atoms with E-state index in [9.17, 15) is 4.79 Å². The van der Waals surface area contributed by atoms with Crippen molar-refractivity contribution in [2.45, 2.75) is 25.4 Å². The maximum atomic E-state index is 11.7. The van der Waals surface area contributed by atoms with Crippen LogP contribution in [-0.2, 0) is 11.3 Å². The largest absolute Gasteiger partial charge is 0.352 e. The smallest absolute Gasteiger partial charge is 0.240 e. The average Bonchev–Trinajstić information content (AvgIpc) is 3.00. The second kappa shape index (κ2) is 4.08. The fourth-order valence-corrected chi connectivity index (χ4v) is 2.21. The van der Waals surface area contributed by atoms with Crippen LogP contribution < -0.4 is 5.32 Å². The van der Waals surface area contributed by atoms with Crippen molar-refractivity contribution in [3.63, 3.8) is 0 Å². The molecule has 1 aliphatic rings. The summed E-state index contributed by atoms with van der Waals surface area (Å²) in [5.41, 5.74) is 1.00. The van der Waals surface area contributed by atoms with Crippen LogP contribution in [0.2, 0.25) is 5.02 Å². The van der Waals surface area contributed by atoms with Gasteiger partial charge in [-0.15, -0.1) is 0 Å². The minimum atomic E-state index is 0.0741. The van der Waals surface area contributed by atoms with Crippen LogP contribution in [0, 0.1) is 0 Å². The van der Waals surface area contributed by atoms with Crippen LogP contribution >= 0.6 is 11.6 Å². The summed E-state index contributed by atoms with van der Waals surface area (Å²) in [6.07, 6.45) is 4.14. The van der Waals surface area contributed by atoms with Gasteiger partial charge in [0.2, 0.25) is 5.91 Å². The van der Waals surface area contributed by atoms with E-state index in [1.54, 1.807) is 0 Å². The summed E-state index contributed by atoms with van der Waals surface area (Å²) in [6.45, 7) is 0.361. The molecule has 0 saturated heterocycles. The molecule has 1 aromatic heterocycles. The molecule has 4 heteroatoms. The predicted molar refractivity (Wildman–Crippen MR) is 68.1 cm³/mol. The molecule has 1 aromatic carbocycles. The predicted octanol–water partition coefficient (Wildman–Crippen LogP) is 2.57. The van der Waals surface area contributed by atoms with E-state index in [4.69, 9.17) is 11.6 Å². The molecule has 17 heavy (non-hydrogen) atoms. The number of fused-ring (bicyclic) bond motifs is 1. The summed E-state index contributed by atoms with van der Waals surface area (Å²) in [5, 5.41) is 4.70. The summed E-state index contributed by atoms with van der Waals surface area (Å²) in [5.74, 6) is 0.0741. The number of rotatable bonds is 3. The highest BCUT2D eigenvalue weighted by atomic mass is 35.5. The van der Waals surface area contributed by atoms with E-state index in [1.165, 1.54) is 0 Å². The molecule has 1 amide bonds. The normalized spacial score (nSPS) is 15.1. The summed E-state index contributed by atoms with van der Waals surface area (Å²) >= 11 is 6.09. The Labute approximate surface area is 104 Å². The van der Waals surface area contributed by atoms with Crippen LogP contribution in [0.3, 0.4) is 0 Å². The molecule has 1 fully saturated rings. The molecule has 1 N–H and O–H groups in total. The van der Waals surface area contributed by atoms with E-state index in [1.807, 2.05) is 35.0 Å². The summed E-state index contributed by atoms with van der Waals surface area (Å²) in [4.78, 5) is 11.7. The fourth-order valence-electron chi connectivity index (χ4n) is 1.98. The minimum absolute atomic E-state index is 0.0741. The Morgan fingerprint density at radius 3 is 3.00 bits per heavy atom. The molecular formula is C13H13ClN2O. The van der Waals surface area contributed by atoms with Crippen molar-refractivity contribution in [1.82, 2.24) is 9.88 Å². The van der Waals surface area contributed by atoms with Gasteiger partial charge >= 0.3 is 0 Å². The van der Waals surface area contributed by atoms with Crippen LogP contribution in [0.4, 0.5) is 0 Å². The van der Waals surface area contributed by atoms with Crippen LogP contribution in [-0.4, -0.2) is 16.5 Å². The second-order valence-electron chi connectivity index (χ2n) is 4.46. The molecule has 88 valence electrons. The molecular weight excluding hydrogens is 236 g/mol. The monoisotopic (exact) mass is 248 g/mol. The van der Waals surface area contributed by atoms with E-state index in [0.29, 0.717) is 12.6 Å². The van der Waals surface area contributed by atoms with Crippen molar-refractivity contribution >= 4 is 28.4 Å². The molecule has 1 heterocycles. The molecule has 0 aliphatic heterocycles. The van der Waals surface area contributed by atoms with Gasteiger partial charge in [-0.2, -0.15) is 0 Å². The van der Waals surface area contributed by atoms with Gasteiger partial charge in [-0.25, -0.2) is 0 Å². The van der Waals surface area contributed by atoms with Crippen LogP contribution in [0.25, 0.3) is 10.9 Å². The van der Waals surface area contributed by atoms with Crippen LogP contribution in [0.15, 0.2) is 30.5 Å². The van der Waals surface area contributed by atoms with E-state index in [-0.39, 0.29) is 5.91 Å². The summed E-state index contributed by atoms with van der Waals surface area (Å²) in [6, 6.07) is 8.10. The third-order valence-corrected chi connectivity index (χ3v) is 3.35. The first-order valence-corrected chi connectivity index (χ1v) is 6.14. The Morgan fingerprint density at radius 1 is 1.41 bits per heavy atom. The highest BCUT2D eigenvalue weighted by molar-refractivity contribution is 6.35. The topological polar surface area (TPSA) is 34.0 Å². The Balaban J connectivity index is 1.84. The van der Waals surface area contributed by atoms with Gasteiger partial charge in [-0.05, 0) is 31.0 Å². The van der Waals surface area contributed by atoms with Gasteiger partial charge in [0.05, 0.1) is 0 Å². The van der Waals surface area contributed by atoms with Gasteiger partial charge in [-0.1, -0.05) is 17.7 Å². The average molecular weight is 249 g/mol. The maximum absolute atomic E-state index is 11.7. The SMILES string of the molecule is O=C(Cn1ccc2c(Cl)cccc21)NC1CC1. The van der Waals surface area contributed by atoms with Gasteiger partial charge in [0.15, 0.2) is 0 Å². The number of amides is 1. The lowest BCUT2D eigenvalue weighted by Gasteiger charge is -2.06. The summed E-state index contributed by atoms with van der Waals surface area (Å²) in [7, 11) is 0. The molecule has 2 aromatic rings. The van der Waals surface area contributed by atoms with E-state index < -0.39 is 0 Å². The van der Waals surface area contributed by atoms with Crippen molar-refractivity contribution in [1.29, 1.82) is 0 Å². The molecule has 3 nitrogen and oxygen atoms in total. The minimum Gasteiger partial charge on any atom is -0.352 e. The number of halogens is 1. The first-order chi connectivity index (χ1) is 8.24. The van der Waals surface area contributed by atoms with Crippen molar-refractivity contribution < 1.29 is 4.79 Å². The first-order valence-electron chi connectivity index (χ1n) is 5.77. The van der Waals surface area contributed by atoms with Crippen LogP contribution in [0.1, 0.15) is 12.8 Å². The molecule has 0 unspecified atom stereocenters. The van der Waals surface area contributed by atoms with Crippen molar-refractivity contribution in [2.75, 3.05) is 0 Å². The number of hydrogen-bond acceptors (Lipinski definition) is 1. The standard InChI is InChI=1S/C13H13ClN2O/c14-11-2-1-3-12-10(11)6-7-16(12)8-13(17)15-9-4-5-9/h1-3,6-7,9H,4-5,8H2,(H,15,17). The first kappa shape index (κ1) is 10.7. The van der Waals surface area contributed by atoms with Crippen molar-refractivity contribution in [3.8, 4) is 0 Å². The number of aromatic nitrogens is 1. The zero-order valence-corrected chi connectivity index (χ0v) is 10.1. The Morgan fingerprint density at radius 2 is 2.24 bits per heavy atom. The third-order valence-electron chi connectivity index (χ3n) is 3.02. The van der Waals surface area contributed by atoms with Gasteiger partial charge in [0, 0.05) is 28.2 Å². The third kappa shape index (κ3) is 2.15. The van der Waals surface area contributed by atoms with Crippen LogP contribution in [0.5, 0.6) is 0 Å². The Hall–Kier alpha value is -1.48. The number of carbonyl (C=O) groups excluding carboxylic acids is 1. The molecule has 0 atom stereocenters. The fraction of sp³-hybridized carbons (Fsp3) is 0.308. The number of benzene rings is 1. The van der Waals surface area contributed by atoms with Crippen molar-refractivity contribution in [2.24, 2.45) is 0 Å². The van der Waals surface area contributed by atoms with Gasteiger partial charge < -0.3 is 9.88 Å². The van der Waals surface area contributed by atoms with Gasteiger partial charge in [0.25, 0.3) is 0 Å².